The van der Waals surface area contributed by atoms with Gasteiger partial charge in [0.2, 0.25) is 0 Å². The average molecular weight is 385 g/mol. The molecule has 2 heterocycles. The van der Waals surface area contributed by atoms with Gasteiger partial charge >= 0.3 is 0 Å². The standard InChI is InChI=1S/C15H19ClFN3O.2ClH/c16-10-5-6-11(17)14-15(10)20(9-19-14)8-2-3-12-13(21)4-1-7-18-12;;/h5-6,9,12-13,18,21H,1-4,7-8H2;2*1H/t12-,13+;;/m1../s1. The van der Waals surface area contributed by atoms with Gasteiger partial charge in [-0.05, 0) is 44.4 Å². The molecule has 3 rings (SSSR count). The van der Waals surface area contributed by atoms with Gasteiger partial charge in [0.15, 0.2) is 5.82 Å². The van der Waals surface area contributed by atoms with Gasteiger partial charge < -0.3 is 15.0 Å². The van der Waals surface area contributed by atoms with Gasteiger partial charge in [0.05, 0.1) is 23.0 Å². The second kappa shape index (κ2) is 9.04. The molecule has 1 fully saturated rings. The van der Waals surface area contributed by atoms with Gasteiger partial charge in [0.25, 0.3) is 0 Å². The molecule has 1 saturated heterocycles. The number of aryl methyl sites for hydroxylation is 1. The zero-order valence-electron chi connectivity index (χ0n) is 12.5. The van der Waals surface area contributed by atoms with Crippen molar-refractivity contribution in [2.45, 2.75) is 44.4 Å². The number of aliphatic hydroxyl groups is 1. The third-order valence-corrected chi connectivity index (χ3v) is 4.43. The number of fused-ring (bicyclic) bond motifs is 1. The molecule has 1 aromatic heterocycles. The molecule has 2 N–H and O–H groups in total. The normalized spacial score (nSPS) is 20.8. The molecule has 130 valence electrons. The van der Waals surface area contributed by atoms with E-state index >= 15 is 0 Å². The predicted molar refractivity (Wildman–Crippen MR) is 95.5 cm³/mol. The van der Waals surface area contributed by atoms with Crippen molar-refractivity contribution in [3.63, 3.8) is 0 Å². The van der Waals surface area contributed by atoms with Crippen molar-refractivity contribution in [1.82, 2.24) is 14.9 Å². The molecule has 0 aliphatic carbocycles. The molecule has 0 bridgehead atoms. The largest absolute Gasteiger partial charge is 0.392 e. The maximum absolute atomic E-state index is 13.7. The van der Waals surface area contributed by atoms with E-state index < -0.39 is 0 Å². The number of nitrogens with zero attached hydrogens (tertiary/aromatic N) is 2. The fourth-order valence-electron chi connectivity index (χ4n) is 2.99. The molecule has 23 heavy (non-hydrogen) atoms. The summed E-state index contributed by atoms with van der Waals surface area (Å²) in [6, 6.07) is 3.05. The lowest BCUT2D eigenvalue weighted by Crippen LogP contribution is -2.44. The minimum absolute atomic E-state index is 0. The van der Waals surface area contributed by atoms with E-state index in [-0.39, 0.29) is 42.8 Å². The zero-order chi connectivity index (χ0) is 14.8. The number of benzene rings is 1. The highest BCUT2D eigenvalue weighted by Gasteiger charge is 2.21. The van der Waals surface area contributed by atoms with E-state index in [4.69, 9.17) is 11.6 Å². The number of hydrogen-bond donors (Lipinski definition) is 2. The summed E-state index contributed by atoms with van der Waals surface area (Å²) in [5.74, 6) is -0.350. The summed E-state index contributed by atoms with van der Waals surface area (Å²) in [4.78, 5) is 4.10. The summed E-state index contributed by atoms with van der Waals surface area (Å²) in [5, 5.41) is 13.8. The maximum atomic E-state index is 13.7. The molecule has 0 unspecified atom stereocenters. The van der Waals surface area contributed by atoms with Crippen LogP contribution in [0.1, 0.15) is 25.7 Å². The molecule has 4 nitrogen and oxygen atoms in total. The second-order valence-corrected chi connectivity index (χ2v) is 5.98. The van der Waals surface area contributed by atoms with Gasteiger partial charge in [-0.3, -0.25) is 0 Å². The third kappa shape index (κ3) is 4.48. The highest BCUT2D eigenvalue weighted by Crippen LogP contribution is 2.25. The van der Waals surface area contributed by atoms with Crippen LogP contribution in [0.3, 0.4) is 0 Å². The van der Waals surface area contributed by atoms with Crippen molar-refractivity contribution in [3.05, 3.63) is 29.3 Å². The van der Waals surface area contributed by atoms with Crippen molar-refractivity contribution in [3.8, 4) is 0 Å². The van der Waals surface area contributed by atoms with E-state index in [2.05, 4.69) is 10.3 Å². The zero-order valence-corrected chi connectivity index (χ0v) is 14.9. The van der Waals surface area contributed by atoms with Crippen LogP contribution < -0.4 is 5.32 Å². The van der Waals surface area contributed by atoms with Crippen LogP contribution in [0.15, 0.2) is 18.5 Å². The van der Waals surface area contributed by atoms with Gasteiger partial charge in [-0.2, -0.15) is 0 Å². The van der Waals surface area contributed by atoms with Crippen molar-refractivity contribution in [2.24, 2.45) is 0 Å². The van der Waals surface area contributed by atoms with Gasteiger partial charge in [-0.15, -0.1) is 24.8 Å². The quantitative estimate of drug-likeness (QED) is 0.847. The Balaban J connectivity index is 0.00000132. The number of nitrogens with one attached hydrogen (secondary N) is 1. The van der Waals surface area contributed by atoms with E-state index in [0.29, 0.717) is 22.6 Å². The first-order chi connectivity index (χ1) is 10.2. The van der Waals surface area contributed by atoms with E-state index in [1.807, 2.05) is 4.57 Å². The van der Waals surface area contributed by atoms with Crippen LogP contribution in [0.25, 0.3) is 11.0 Å². The van der Waals surface area contributed by atoms with Crippen LogP contribution in [0.2, 0.25) is 5.02 Å². The minimum atomic E-state index is -0.350. The summed E-state index contributed by atoms with van der Waals surface area (Å²) in [6.07, 6.45) is 5.02. The molecule has 0 saturated carbocycles. The van der Waals surface area contributed by atoms with E-state index in [9.17, 15) is 9.50 Å². The van der Waals surface area contributed by atoms with Crippen molar-refractivity contribution in [1.29, 1.82) is 0 Å². The SMILES string of the molecule is Cl.Cl.O[C@H]1CCCN[C@@H]1CCCn1cnc2c(F)ccc(Cl)c21. The number of halogens is 4. The number of rotatable bonds is 4. The Hall–Kier alpha value is -0.590. The predicted octanol–water partition coefficient (Wildman–Crippen LogP) is 3.57. The van der Waals surface area contributed by atoms with E-state index in [1.165, 1.54) is 6.07 Å². The summed E-state index contributed by atoms with van der Waals surface area (Å²) >= 11 is 6.15. The molecule has 1 aliphatic heterocycles. The molecule has 0 spiro atoms. The number of hydrogen-bond acceptors (Lipinski definition) is 3. The van der Waals surface area contributed by atoms with Gasteiger partial charge in [-0.25, -0.2) is 9.37 Å². The van der Waals surface area contributed by atoms with Crippen LogP contribution in [0.5, 0.6) is 0 Å². The average Bonchev–Trinajstić information content (AvgIpc) is 2.90. The van der Waals surface area contributed by atoms with Gasteiger partial charge in [0.1, 0.15) is 5.52 Å². The summed E-state index contributed by atoms with van der Waals surface area (Å²) in [6.45, 7) is 1.68. The lowest BCUT2D eigenvalue weighted by atomic mass is 9.97. The van der Waals surface area contributed by atoms with Crippen molar-refractivity contribution in [2.75, 3.05) is 6.54 Å². The number of aliphatic hydroxyl groups excluding tert-OH is 1. The molecule has 0 radical (unpaired) electrons. The maximum Gasteiger partial charge on any atom is 0.151 e. The molecule has 8 heteroatoms. The summed E-state index contributed by atoms with van der Waals surface area (Å²) in [5.41, 5.74) is 0.965. The number of aromatic nitrogens is 2. The lowest BCUT2D eigenvalue weighted by molar-refractivity contribution is 0.0909. The van der Waals surface area contributed by atoms with Gasteiger partial charge in [0, 0.05) is 12.6 Å². The minimum Gasteiger partial charge on any atom is -0.392 e. The Morgan fingerprint density at radius 2 is 2.17 bits per heavy atom. The highest BCUT2D eigenvalue weighted by atomic mass is 35.5. The monoisotopic (exact) mass is 383 g/mol. The molecular weight excluding hydrogens is 364 g/mol. The summed E-state index contributed by atoms with van der Waals surface area (Å²) in [7, 11) is 0. The highest BCUT2D eigenvalue weighted by molar-refractivity contribution is 6.35. The van der Waals surface area contributed by atoms with Crippen LogP contribution in [0.4, 0.5) is 4.39 Å². The topological polar surface area (TPSA) is 50.1 Å². The molecular formula is C15H21Cl3FN3O. The van der Waals surface area contributed by atoms with Crippen LogP contribution >= 0.6 is 36.4 Å². The van der Waals surface area contributed by atoms with Gasteiger partial charge in [-0.1, -0.05) is 11.6 Å². The van der Waals surface area contributed by atoms with Crippen molar-refractivity contribution < 1.29 is 9.50 Å². The second-order valence-electron chi connectivity index (χ2n) is 5.58. The first kappa shape index (κ1) is 20.5. The van der Waals surface area contributed by atoms with E-state index in [0.717, 1.165) is 32.2 Å². The Labute approximate surface area is 152 Å². The first-order valence-corrected chi connectivity index (χ1v) is 7.75. The smallest absolute Gasteiger partial charge is 0.151 e. The van der Waals surface area contributed by atoms with Crippen LogP contribution in [-0.4, -0.2) is 33.3 Å². The lowest BCUT2D eigenvalue weighted by Gasteiger charge is -2.29. The summed E-state index contributed by atoms with van der Waals surface area (Å²) < 4.78 is 15.6. The van der Waals surface area contributed by atoms with E-state index in [1.54, 1.807) is 12.4 Å². The van der Waals surface area contributed by atoms with Crippen LogP contribution in [0, 0.1) is 5.82 Å². The Morgan fingerprint density at radius 1 is 1.39 bits per heavy atom. The molecule has 2 aromatic rings. The number of piperidine rings is 1. The molecule has 1 aliphatic rings. The molecule has 1 aromatic carbocycles. The molecule has 2 atom stereocenters. The Morgan fingerprint density at radius 3 is 2.91 bits per heavy atom. The fourth-order valence-corrected chi connectivity index (χ4v) is 3.25. The fraction of sp³-hybridized carbons (Fsp3) is 0.533. The number of imidazole rings is 1. The first-order valence-electron chi connectivity index (χ1n) is 7.37. The van der Waals surface area contributed by atoms with Crippen LogP contribution in [-0.2, 0) is 6.54 Å². The molecule has 0 amide bonds. The Kier molecular flexibility index (Phi) is 8.04. The van der Waals surface area contributed by atoms with Crippen molar-refractivity contribution >= 4 is 47.4 Å². The Bertz CT molecular complexity index is 638. The third-order valence-electron chi connectivity index (χ3n) is 4.13.